The van der Waals surface area contributed by atoms with Crippen molar-refractivity contribution >= 4 is 8.07 Å². The molecule has 0 aliphatic heterocycles. The molecule has 0 atom stereocenters. The summed E-state index contributed by atoms with van der Waals surface area (Å²) in [4.78, 5) is 0. The van der Waals surface area contributed by atoms with Gasteiger partial charge in [0.25, 0.3) is 0 Å². The fourth-order valence-corrected chi connectivity index (χ4v) is 3.91. The molecular weight excluding hydrogens is 298 g/mol. The summed E-state index contributed by atoms with van der Waals surface area (Å²) in [5.74, 6) is 0. The largest absolute Gasteiger partial charge is 1.00 e. The summed E-state index contributed by atoms with van der Waals surface area (Å²) in [7, 11) is -0.859. The Kier molecular flexibility index (Phi) is 8.43. The predicted molar refractivity (Wildman–Crippen MR) is 48.9 cm³/mol. The van der Waals surface area contributed by atoms with Gasteiger partial charge in [-0.05, 0) is 0 Å². The second-order valence-electron chi connectivity index (χ2n) is 4.35. The van der Waals surface area contributed by atoms with Gasteiger partial charge < -0.3 is 24.8 Å². The van der Waals surface area contributed by atoms with Crippen LogP contribution in [0.2, 0.25) is 25.7 Å². The molecular formula is C9H15Cl2SiZr. The van der Waals surface area contributed by atoms with Crippen molar-refractivity contribution in [2.75, 3.05) is 0 Å². The topological polar surface area (TPSA) is 0 Å². The van der Waals surface area contributed by atoms with E-state index in [4.69, 9.17) is 0 Å². The van der Waals surface area contributed by atoms with Crippen molar-refractivity contribution in [3.63, 3.8) is 0 Å². The van der Waals surface area contributed by atoms with Gasteiger partial charge in [0, 0.05) is 0 Å². The molecule has 1 aliphatic carbocycles. The third-order valence-corrected chi connectivity index (χ3v) is 4.48. The summed E-state index contributed by atoms with van der Waals surface area (Å²) < 4.78 is 1.68. The van der Waals surface area contributed by atoms with Crippen molar-refractivity contribution in [2.24, 2.45) is 0 Å². The summed E-state index contributed by atoms with van der Waals surface area (Å²) in [6, 6.07) is 1.38. The van der Waals surface area contributed by atoms with E-state index in [1.165, 1.54) is 12.5 Å². The predicted octanol–water partition coefficient (Wildman–Crippen LogP) is -2.91. The SMILES string of the molecule is C[Si](C)(C)CC1=[C]([Zr+2])CC=C1.[Cl-].[Cl-]. The summed E-state index contributed by atoms with van der Waals surface area (Å²) in [5.41, 5.74) is 1.65. The van der Waals surface area contributed by atoms with Gasteiger partial charge in [-0.15, -0.1) is 0 Å². The van der Waals surface area contributed by atoms with Crippen LogP contribution in [-0.4, -0.2) is 8.07 Å². The van der Waals surface area contributed by atoms with E-state index in [2.05, 4.69) is 31.8 Å². The van der Waals surface area contributed by atoms with E-state index < -0.39 is 8.07 Å². The summed E-state index contributed by atoms with van der Waals surface area (Å²) >= 11 is 1.62. The molecule has 1 rings (SSSR count). The molecule has 13 heavy (non-hydrogen) atoms. The Labute approximate surface area is 110 Å². The number of halogens is 2. The second kappa shape index (κ2) is 6.61. The second-order valence-corrected chi connectivity index (χ2v) is 11.3. The van der Waals surface area contributed by atoms with E-state index in [1.54, 1.807) is 33.6 Å². The van der Waals surface area contributed by atoms with Gasteiger partial charge in [0.15, 0.2) is 0 Å². The van der Waals surface area contributed by atoms with E-state index in [0.29, 0.717) is 0 Å². The van der Waals surface area contributed by atoms with Crippen molar-refractivity contribution in [1.82, 2.24) is 0 Å². The van der Waals surface area contributed by atoms with Crippen molar-refractivity contribution < 1.29 is 49.5 Å². The van der Waals surface area contributed by atoms with E-state index in [-0.39, 0.29) is 24.8 Å². The van der Waals surface area contributed by atoms with Crippen LogP contribution >= 0.6 is 0 Å². The molecule has 0 bridgehead atoms. The number of rotatable bonds is 2. The normalized spacial score (nSPS) is 15.5. The molecule has 0 amide bonds. The Morgan fingerprint density at radius 3 is 2.15 bits per heavy atom. The zero-order valence-electron chi connectivity index (χ0n) is 8.32. The van der Waals surface area contributed by atoms with Gasteiger partial charge in [0.05, 0.1) is 0 Å². The van der Waals surface area contributed by atoms with Gasteiger partial charge in [0.1, 0.15) is 0 Å². The van der Waals surface area contributed by atoms with Crippen LogP contribution in [0.25, 0.3) is 0 Å². The van der Waals surface area contributed by atoms with Crippen LogP contribution in [0.5, 0.6) is 0 Å². The minimum absolute atomic E-state index is 0. The minimum Gasteiger partial charge on any atom is -1.00 e. The first kappa shape index (κ1) is 16.6. The minimum atomic E-state index is -0.859. The van der Waals surface area contributed by atoms with Gasteiger partial charge in [-0.3, -0.25) is 0 Å². The summed E-state index contributed by atoms with van der Waals surface area (Å²) in [5, 5.41) is 0. The third kappa shape index (κ3) is 6.28. The maximum absolute atomic E-state index is 2.44. The zero-order chi connectivity index (χ0) is 8.48. The maximum Gasteiger partial charge on any atom is -1.00 e. The molecule has 0 aromatic carbocycles. The smallest absolute Gasteiger partial charge is 1.00 e. The first-order valence-corrected chi connectivity index (χ1v) is 9.03. The molecule has 0 N–H and O–H groups in total. The molecule has 0 saturated heterocycles. The first-order chi connectivity index (χ1) is 4.99. The standard InChI is InChI=1S/C9H15Si.2ClH.Zr/c1-10(2,3)8-9-6-4-5-7-9;;;/h4,6H,5,8H2,1-3H3;2*1H;/q;;;+2/p-2. The van der Waals surface area contributed by atoms with Crippen LogP contribution in [0.3, 0.4) is 0 Å². The van der Waals surface area contributed by atoms with Crippen molar-refractivity contribution in [1.29, 1.82) is 0 Å². The van der Waals surface area contributed by atoms with Gasteiger partial charge in [-0.1, -0.05) is 0 Å². The quantitative estimate of drug-likeness (QED) is 0.480. The molecule has 0 radical (unpaired) electrons. The van der Waals surface area contributed by atoms with Crippen LogP contribution < -0.4 is 24.8 Å². The Morgan fingerprint density at radius 1 is 1.31 bits per heavy atom. The molecule has 0 unspecified atom stereocenters. The fourth-order valence-electron chi connectivity index (χ4n) is 1.29. The molecule has 0 nitrogen and oxygen atoms in total. The molecule has 0 aromatic rings. The molecule has 1 aliphatic rings. The molecule has 0 spiro atoms. The zero-order valence-corrected chi connectivity index (χ0v) is 13.3. The van der Waals surface area contributed by atoms with Gasteiger partial charge in [-0.2, -0.15) is 0 Å². The molecule has 0 fully saturated rings. The number of hydrogen-bond acceptors (Lipinski definition) is 0. The Bertz CT molecular complexity index is 216. The monoisotopic (exact) mass is 311 g/mol. The van der Waals surface area contributed by atoms with Crippen molar-refractivity contribution in [2.45, 2.75) is 32.1 Å². The van der Waals surface area contributed by atoms with E-state index in [0.717, 1.165) is 0 Å². The van der Waals surface area contributed by atoms with Crippen LogP contribution in [0.15, 0.2) is 21.0 Å². The molecule has 0 saturated carbocycles. The van der Waals surface area contributed by atoms with Crippen LogP contribution in [0.4, 0.5) is 0 Å². The molecule has 73 valence electrons. The van der Waals surface area contributed by atoms with Gasteiger partial charge in [-0.25, -0.2) is 0 Å². The number of hydrogen-bond donors (Lipinski definition) is 0. The summed E-state index contributed by atoms with van der Waals surface area (Å²) in [6.07, 6.45) is 5.87. The molecule has 0 heterocycles. The van der Waals surface area contributed by atoms with Crippen LogP contribution in [0.1, 0.15) is 6.42 Å². The van der Waals surface area contributed by atoms with Crippen molar-refractivity contribution in [3.8, 4) is 0 Å². The Hall–Kier alpha value is 1.16. The van der Waals surface area contributed by atoms with E-state index in [9.17, 15) is 0 Å². The van der Waals surface area contributed by atoms with Crippen LogP contribution in [-0.2, 0) is 24.7 Å². The Morgan fingerprint density at radius 2 is 1.85 bits per heavy atom. The van der Waals surface area contributed by atoms with Gasteiger partial charge in [0.2, 0.25) is 0 Å². The fraction of sp³-hybridized carbons (Fsp3) is 0.556. The van der Waals surface area contributed by atoms with Crippen molar-refractivity contribution in [3.05, 3.63) is 21.0 Å². The average Bonchev–Trinajstić information content (AvgIpc) is 2.12. The van der Waals surface area contributed by atoms with E-state index >= 15 is 0 Å². The van der Waals surface area contributed by atoms with E-state index in [1.807, 2.05) is 0 Å². The third-order valence-electron chi connectivity index (χ3n) is 1.75. The Balaban J connectivity index is 0. The summed E-state index contributed by atoms with van der Waals surface area (Å²) in [6.45, 7) is 7.32. The molecule has 0 aromatic heterocycles. The average molecular weight is 313 g/mol. The molecule has 4 heteroatoms. The maximum atomic E-state index is 2.44. The first-order valence-electron chi connectivity index (χ1n) is 4.09. The van der Waals surface area contributed by atoms with Crippen LogP contribution in [0, 0.1) is 0 Å². The van der Waals surface area contributed by atoms with Gasteiger partial charge >= 0.3 is 85.9 Å². The number of allylic oxidation sites excluding steroid dienone is 4.